The Balaban J connectivity index is 1.41. The van der Waals surface area contributed by atoms with Gasteiger partial charge in [0.15, 0.2) is 0 Å². The van der Waals surface area contributed by atoms with E-state index >= 15 is 0 Å². The van der Waals surface area contributed by atoms with Crippen molar-refractivity contribution in [2.75, 3.05) is 31.1 Å². The Morgan fingerprint density at radius 2 is 1.70 bits per heavy atom. The molecule has 1 aliphatic rings. The number of aromatic nitrogens is 1. The maximum atomic E-state index is 12.3. The Kier molecular flexibility index (Phi) is 5.25. The van der Waals surface area contributed by atoms with Crippen LogP contribution in [0.5, 0.6) is 0 Å². The predicted molar refractivity (Wildman–Crippen MR) is 92.4 cm³/mol. The van der Waals surface area contributed by atoms with Crippen LogP contribution in [0.2, 0.25) is 0 Å². The minimum Gasteiger partial charge on any atom is -0.353 e. The average Bonchev–Trinajstić information content (AvgIpc) is 2.63. The molecule has 120 valence electrons. The molecular formula is C19H23N3O. The lowest BCUT2D eigenvalue weighted by Crippen LogP contribution is -2.49. The Labute approximate surface area is 137 Å². The number of carbonyl (C=O) groups is 1. The maximum Gasteiger partial charge on any atom is 0.222 e. The number of nitrogens with zero attached hydrogens (tertiary/aromatic N) is 3. The topological polar surface area (TPSA) is 36.4 Å². The Morgan fingerprint density at radius 1 is 0.957 bits per heavy atom. The van der Waals surface area contributed by atoms with E-state index in [-0.39, 0.29) is 5.91 Å². The molecule has 0 unspecified atom stereocenters. The van der Waals surface area contributed by atoms with Crippen molar-refractivity contribution in [2.24, 2.45) is 0 Å². The fourth-order valence-corrected chi connectivity index (χ4v) is 2.97. The summed E-state index contributed by atoms with van der Waals surface area (Å²) in [6.45, 7) is 3.31. The van der Waals surface area contributed by atoms with Gasteiger partial charge in [0, 0.05) is 38.8 Å². The molecule has 0 atom stereocenters. The van der Waals surface area contributed by atoms with Gasteiger partial charge in [-0.1, -0.05) is 36.4 Å². The number of rotatable bonds is 5. The number of aryl methyl sites for hydroxylation is 1. The lowest BCUT2D eigenvalue weighted by Gasteiger charge is -2.35. The monoisotopic (exact) mass is 309 g/mol. The molecule has 4 heteroatoms. The van der Waals surface area contributed by atoms with Gasteiger partial charge in [-0.2, -0.15) is 0 Å². The van der Waals surface area contributed by atoms with Crippen molar-refractivity contribution >= 4 is 11.7 Å². The van der Waals surface area contributed by atoms with Crippen molar-refractivity contribution < 1.29 is 4.79 Å². The molecule has 0 bridgehead atoms. The van der Waals surface area contributed by atoms with Crippen LogP contribution in [0, 0.1) is 0 Å². The van der Waals surface area contributed by atoms with Gasteiger partial charge in [0.25, 0.3) is 0 Å². The molecule has 1 aromatic carbocycles. The summed E-state index contributed by atoms with van der Waals surface area (Å²) >= 11 is 0. The quantitative estimate of drug-likeness (QED) is 0.852. The van der Waals surface area contributed by atoms with E-state index in [0.717, 1.165) is 44.8 Å². The Morgan fingerprint density at radius 3 is 2.39 bits per heavy atom. The van der Waals surface area contributed by atoms with Crippen LogP contribution in [-0.4, -0.2) is 42.0 Å². The second kappa shape index (κ2) is 7.77. The van der Waals surface area contributed by atoms with Crippen LogP contribution in [0.3, 0.4) is 0 Å². The largest absolute Gasteiger partial charge is 0.353 e. The number of amides is 1. The van der Waals surface area contributed by atoms with Crippen molar-refractivity contribution in [1.29, 1.82) is 0 Å². The molecule has 1 saturated heterocycles. The van der Waals surface area contributed by atoms with Gasteiger partial charge in [0.1, 0.15) is 5.82 Å². The number of pyridine rings is 1. The zero-order valence-electron chi connectivity index (χ0n) is 13.4. The van der Waals surface area contributed by atoms with Crippen molar-refractivity contribution in [3.8, 4) is 0 Å². The van der Waals surface area contributed by atoms with Gasteiger partial charge in [0.2, 0.25) is 5.91 Å². The van der Waals surface area contributed by atoms with E-state index in [1.165, 1.54) is 5.56 Å². The second-order valence-corrected chi connectivity index (χ2v) is 5.89. The first-order valence-electron chi connectivity index (χ1n) is 8.30. The normalized spacial score (nSPS) is 14.8. The Hall–Kier alpha value is -2.36. The van der Waals surface area contributed by atoms with E-state index < -0.39 is 0 Å². The SMILES string of the molecule is O=C(CCCc1ccccc1)N1CCN(c2ccccn2)CC1. The van der Waals surface area contributed by atoms with Gasteiger partial charge >= 0.3 is 0 Å². The summed E-state index contributed by atoms with van der Waals surface area (Å²) in [7, 11) is 0. The summed E-state index contributed by atoms with van der Waals surface area (Å²) in [6, 6.07) is 16.3. The van der Waals surface area contributed by atoms with Crippen LogP contribution >= 0.6 is 0 Å². The molecule has 23 heavy (non-hydrogen) atoms. The van der Waals surface area contributed by atoms with Crippen LogP contribution in [0.25, 0.3) is 0 Å². The number of hydrogen-bond acceptors (Lipinski definition) is 3. The first kappa shape index (κ1) is 15.5. The van der Waals surface area contributed by atoms with Crippen LogP contribution in [-0.2, 0) is 11.2 Å². The minimum absolute atomic E-state index is 0.279. The smallest absolute Gasteiger partial charge is 0.222 e. The van der Waals surface area contributed by atoms with Crippen LogP contribution in [0.4, 0.5) is 5.82 Å². The molecule has 3 rings (SSSR count). The average molecular weight is 309 g/mol. The highest BCUT2D eigenvalue weighted by Crippen LogP contribution is 2.14. The van der Waals surface area contributed by atoms with Crippen molar-refractivity contribution in [3.05, 3.63) is 60.3 Å². The number of hydrogen-bond donors (Lipinski definition) is 0. The molecule has 2 aromatic rings. The first-order chi connectivity index (χ1) is 11.3. The van der Waals surface area contributed by atoms with Crippen LogP contribution < -0.4 is 4.90 Å². The van der Waals surface area contributed by atoms with Gasteiger partial charge in [-0.25, -0.2) is 4.98 Å². The van der Waals surface area contributed by atoms with E-state index in [1.807, 2.05) is 47.5 Å². The molecule has 1 amide bonds. The fraction of sp³-hybridized carbons (Fsp3) is 0.368. The molecule has 1 aliphatic heterocycles. The van der Waals surface area contributed by atoms with Crippen molar-refractivity contribution in [1.82, 2.24) is 9.88 Å². The molecule has 2 heterocycles. The van der Waals surface area contributed by atoms with Crippen molar-refractivity contribution in [3.63, 3.8) is 0 Å². The lowest BCUT2D eigenvalue weighted by atomic mass is 10.1. The summed E-state index contributed by atoms with van der Waals surface area (Å²) in [6.07, 6.45) is 4.35. The molecular weight excluding hydrogens is 286 g/mol. The molecule has 0 radical (unpaired) electrons. The van der Waals surface area contributed by atoms with E-state index in [4.69, 9.17) is 0 Å². The number of benzene rings is 1. The van der Waals surface area contributed by atoms with Gasteiger partial charge in [-0.05, 0) is 30.5 Å². The maximum absolute atomic E-state index is 12.3. The molecule has 0 spiro atoms. The third kappa shape index (κ3) is 4.31. The molecule has 1 aromatic heterocycles. The van der Waals surface area contributed by atoms with E-state index in [2.05, 4.69) is 22.0 Å². The molecule has 1 fully saturated rings. The standard InChI is InChI=1S/C19H23N3O/c23-19(11-6-9-17-7-2-1-3-8-17)22-15-13-21(14-16-22)18-10-4-5-12-20-18/h1-5,7-8,10,12H,6,9,11,13-16H2. The third-order valence-corrected chi connectivity index (χ3v) is 4.30. The minimum atomic E-state index is 0.279. The third-order valence-electron chi connectivity index (χ3n) is 4.30. The zero-order chi connectivity index (χ0) is 15.9. The van der Waals surface area contributed by atoms with Gasteiger partial charge in [0.05, 0.1) is 0 Å². The molecule has 0 aliphatic carbocycles. The highest BCUT2D eigenvalue weighted by Gasteiger charge is 2.21. The van der Waals surface area contributed by atoms with Gasteiger partial charge < -0.3 is 9.80 Å². The van der Waals surface area contributed by atoms with Crippen LogP contribution in [0.1, 0.15) is 18.4 Å². The summed E-state index contributed by atoms with van der Waals surface area (Å²) in [4.78, 5) is 20.9. The van der Waals surface area contributed by atoms with E-state index in [0.29, 0.717) is 6.42 Å². The summed E-state index contributed by atoms with van der Waals surface area (Å²) in [5.41, 5.74) is 1.31. The number of piperazine rings is 1. The summed E-state index contributed by atoms with van der Waals surface area (Å²) < 4.78 is 0. The predicted octanol–water partition coefficient (Wildman–Crippen LogP) is 2.75. The van der Waals surface area contributed by atoms with Crippen LogP contribution in [0.15, 0.2) is 54.7 Å². The second-order valence-electron chi connectivity index (χ2n) is 5.89. The highest BCUT2D eigenvalue weighted by molar-refractivity contribution is 5.76. The van der Waals surface area contributed by atoms with Crippen molar-refractivity contribution in [2.45, 2.75) is 19.3 Å². The molecule has 0 N–H and O–H groups in total. The molecule has 4 nitrogen and oxygen atoms in total. The van der Waals surface area contributed by atoms with E-state index in [9.17, 15) is 4.79 Å². The fourth-order valence-electron chi connectivity index (χ4n) is 2.97. The van der Waals surface area contributed by atoms with Gasteiger partial charge in [-0.3, -0.25) is 4.79 Å². The Bertz CT molecular complexity index is 607. The molecule has 0 saturated carbocycles. The van der Waals surface area contributed by atoms with E-state index in [1.54, 1.807) is 0 Å². The van der Waals surface area contributed by atoms with Gasteiger partial charge in [-0.15, -0.1) is 0 Å². The summed E-state index contributed by atoms with van der Waals surface area (Å²) in [5, 5.41) is 0. The zero-order valence-corrected chi connectivity index (χ0v) is 13.4. The number of carbonyl (C=O) groups excluding carboxylic acids is 1. The lowest BCUT2D eigenvalue weighted by molar-refractivity contribution is -0.131. The number of anilines is 1. The highest BCUT2D eigenvalue weighted by atomic mass is 16.2. The first-order valence-corrected chi connectivity index (χ1v) is 8.30. The summed E-state index contributed by atoms with van der Waals surface area (Å²) in [5.74, 6) is 1.28.